The van der Waals surface area contributed by atoms with Gasteiger partial charge in [-0.2, -0.15) is 4.31 Å². The number of aliphatic hydroxyl groups is 1. The van der Waals surface area contributed by atoms with Crippen LogP contribution in [-0.2, 0) is 14.8 Å². The Hall–Kier alpha value is -1.68. The van der Waals surface area contributed by atoms with Crippen LogP contribution in [0.25, 0.3) is 0 Å². The molecule has 1 unspecified atom stereocenters. The van der Waals surface area contributed by atoms with Gasteiger partial charge in [-0.1, -0.05) is 0 Å². The molecule has 0 aromatic heterocycles. The van der Waals surface area contributed by atoms with Crippen LogP contribution in [0, 0.1) is 0 Å². The molecule has 1 rings (SSSR count). The van der Waals surface area contributed by atoms with E-state index >= 15 is 0 Å². The molecule has 1 atom stereocenters. The van der Waals surface area contributed by atoms with Crippen molar-refractivity contribution in [3.63, 3.8) is 0 Å². The van der Waals surface area contributed by atoms with Crippen LogP contribution in [0.1, 0.15) is 10.4 Å². The van der Waals surface area contributed by atoms with Crippen LogP contribution < -0.4 is 0 Å². The van der Waals surface area contributed by atoms with Crippen LogP contribution in [0.5, 0.6) is 5.75 Å². The number of likely N-dealkylation sites (N-methyl/N-ethyl adjacent to an activating group) is 1. The Balaban J connectivity index is 3.07. The second-order valence-corrected chi connectivity index (χ2v) is 6.42. The lowest BCUT2D eigenvalue weighted by atomic mass is 10.2. The molecule has 0 saturated carbocycles. The van der Waals surface area contributed by atoms with E-state index in [2.05, 4.69) is 0 Å². The van der Waals surface area contributed by atoms with E-state index in [1.807, 2.05) is 0 Å². The largest absolute Gasteiger partial charge is 0.507 e. The van der Waals surface area contributed by atoms with Crippen molar-refractivity contribution in [2.45, 2.75) is 11.0 Å². The molecule has 0 bridgehead atoms. The van der Waals surface area contributed by atoms with E-state index in [1.54, 1.807) is 0 Å². The molecular weight excluding hydrogens is 302 g/mol. The maximum atomic E-state index is 12.3. The van der Waals surface area contributed by atoms with Gasteiger partial charge < -0.3 is 20.1 Å². The number of aliphatic hydroxyl groups excluding tert-OH is 1. The second kappa shape index (κ2) is 6.85. The number of rotatable bonds is 7. The van der Waals surface area contributed by atoms with E-state index in [-0.39, 0.29) is 18.0 Å². The van der Waals surface area contributed by atoms with Crippen LogP contribution in [-0.4, -0.2) is 67.4 Å². The first-order chi connectivity index (χ1) is 9.70. The summed E-state index contributed by atoms with van der Waals surface area (Å²) in [5.41, 5.74) is -0.512. The lowest BCUT2D eigenvalue weighted by molar-refractivity contribution is 0.0554. The van der Waals surface area contributed by atoms with Gasteiger partial charge in [-0.15, -0.1) is 0 Å². The number of carbonyl (C=O) groups is 1. The zero-order chi connectivity index (χ0) is 16.2. The van der Waals surface area contributed by atoms with Gasteiger partial charge in [0, 0.05) is 20.7 Å². The summed E-state index contributed by atoms with van der Waals surface area (Å²) >= 11 is 0. The van der Waals surface area contributed by atoms with E-state index in [0.717, 1.165) is 22.5 Å². The van der Waals surface area contributed by atoms with Crippen molar-refractivity contribution in [1.29, 1.82) is 0 Å². The number of hydrogen-bond donors (Lipinski definition) is 3. The zero-order valence-corrected chi connectivity index (χ0v) is 12.4. The number of phenols is 1. The Kier molecular flexibility index (Phi) is 5.67. The number of hydrogen-bond acceptors (Lipinski definition) is 6. The third kappa shape index (κ3) is 4.14. The lowest BCUT2D eigenvalue weighted by Gasteiger charge is -2.20. The highest BCUT2D eigenvalue weighted by atomic mass is 32.2. The molecule has 0 spiro atoms. The fraction of sp³-hybridized carbons (Fsp3) is 0.417. The minimum atomic E-state index is -3.98. The molecule has 0 aliphatic rings. The quantitative estimate of drug-likeness (QED) is 0.631. The van der Waals surface area contributed by atoms with Gasteiger partial charge in [0.25, 0.3) is 0 Å². The Morgan fingerprint density at radius 3 is 2.57 bits per heavy atom. The molecular formula is C12H17NO7S. The van der Waals surface area contributed by atoms with Crippen LogP contribution in [0.3, 0.4) is 0 Å². The van der Waals surface area contributed by atoms with Crippen molar-refractivity contribution in [2.24, 2.45) is 0 Å². The number of carboxylic acid groups (broad SMARTS) is 1. The molecule has 1 aromatic rings. The molecule has 0 saturated heterocycles. The van der Waals surface area contributed by atoms with Gasteiger partial charge >= 0.3 is 5.97 Å². The van der Waals surface area contributed by atoms with Gasteiger partial charge in [0.05, 0.1) is 17.6 Å². The number of benzene rings is 1. The first kappa shape index (κ1) is 17.4. The highest BCUT2D eigenvalue weighted by Gasteiger charge is 2.25. The zero-order valence-electron chi connectivity index (χ0n) is 11.6. The Bertz CT molecular complexity index is 614. The van der Waals surface area contributed by atoms with Crippen molar-refractivity contribution in [3.8, 4) is 5.75 Å². The van der Waals surface area contributed by atoms with Gasteiger partial charge in [-0.05, 0) is 18.2 Å². The molecule has 118 valence electrons. The molecule has 0 amide bonds. The Morgan fingerprint density at radius 2 is 2.05 bits per heavy atom. The van der Waals surface area contributed by atoms with Crippen LogP contribution in [0.2, 0.25) is 0 Å². The summed E-state index contributed by atoms with van der Waals surface area (Å²) in [7, 11) is -1.36. The summed E-state index contributed by atoms with van der Waals surface area (Å²) in [5.74, 6) is -1.96. The predicted octanol–water partition coefficient (Wildman–Crippen LogP) is -0.282. The molecule has 21 heavy (non-hydrogen) atoms. The number of ether oxygens (including phenoxy) is 1. The Morgan fingerprint density at radius 1 is 1.43 bits per heavy atom. The predicted molar refractivity (Wildman–Crippen MR) is 72.8 cm³/mol. The van der Waals surface area contributed by atoms with E-state index in [0.29, 0.717) is 0 Å². The maximum absolute atomic E-state index is 12.3. The number of aromatic carboxylic acids is 1. The molecule has 0 fully saturated rings. The molecule has 0 heterocycles. The van der Waals surface area contributed by atoms with E-state index in [1.165, 1.54) is 14.2 Å². The average molecular weight is 319 g/mol. The summed E-state index contributed by atoms with van der Waals surface area (Å²) in [4.78, 5) is 10.6. The fourth-order valence-electron chi connectivity index (χ4n) is 1.67. The topological polar surface area (TPSA) is 124 Å². The van der Waals surface area contributed by atoms with E-state index < -0.39 is 33.4 Å². The van der Waals surface area contributed by atoms with Crippen molar-refractivity contribution < 1.29 is 33.3 Å². The van der Waals surface area contributed by atoms with Gasteiger partial charge in [0.1, 0.15) is 11.3 Å². The minimum Gasteiger partial charge on any atom is -0.507 e. The first-order valence-electron chi connectivity index (χ1n) is 5.89. The number of nitrogens with zero attached hydrogens (tertiary/aromatic N) is 1. The third-order valence-electron chi connectivity index (χ3n) is 2.73. The summed E-state index contributed by atoms with van der Waals surface area (Å²) in [6.45, 7) is -0.241. The smallest absolute Gasteiger partial charge is 0.339 e. The van der Waals surface area contributed by atoms with Gasteiger partial charge in [0.15, 0.2) is 0 Å². The number of carboxylic acids is 1. The Labute approximate surface area is 122 Å². The molecule has 0 aliphatic heterocycles. The second-order valence-electron chi connectivity index (χ2n) is 4.38. The number of aromatic hydroxyl groups is 1. The highest BCUT2D eigenvalue weighted by Crippen LogP contribution is 2.23. The highest BCUT2D eigenvalue weighted by molar-refractivity contribution is 7.89. The maximum Gasteiger partial charge on any atom is 0.339 e. The van der Waals surface area contributed by atoms with Gasteiger partial charge in [-0.3, -0.25) is 0 Å². The van der Waals surface area contributed by atoms with Crippen LogP contribution >= 0.6 is 0 Å². The summed E-state index contributed by atoms with van der Waals surface area (Å²) in [6.07, 6.45) is -1.01. The van der Waals surface area contributed by atoms with E-state index in [9.17, 15) is 23.4 Å². The molecule has 1 aromatic carbocycles. The summed E-state index contributed by atoms with van der Waals surface area (Å²) in [5, 5.41) is 27.8. The average Bonchev–Trinajstić information content (AvgIpc) is 2.38. The van der Waals surface area contributed by atoms with Crippen molar-refractivity contribution >= 4 is 16.0 Å². The molecule has 0 aliphatic carbocycles. The molecule has 8 nitrogen and oxygen atoms in total. The van der Waals surface area contributed by atoms with Crippen LogP contribution in [0.15, 0.2) is 23.1 Å². The SMILES string of the molecule is COCC(O)CN(C)S(=O)(=O)c1ccc(O)c(C(=O)O)c1. The van der Waals surface area contributed by atoms with Crippen LogP contribution in [0.4, 0.5) is 0 Å². The molecule has 9 heteroatoms. The summed E-state index contributed by atoms with van der Waals surface area (Å²) < 4.78 is 30.1. The minimum absolute atomic E-state index is 0.0319. The molecule has 3 N–H and O–H groups in total. The fourth-order valence-corrected chi connectivity index (χ4v) is 2.90. The number of methoxy groups -OCH3 is 1. The third-order valence-corrected chi connectivity index (χ3v) is 4.55. The van der Waals surface area contributed by atoms with Crippen molar-refractivity contribution in [2.75, 3.05) is 27.3 Å². The molecule has 0 radical (unpaired) electrons. The lowest BCUT2D eigenvalue weighted by Crippen LogP contribution is -2.36. The number of sulfonamides is 1. The van der Waals surface area contributed by atoms with Crippen molar-refractivity contribution in [3.05, 3.63) is 23.8 Å². The first-order valence-corrected chi connectivity index (χ1v) is 7.33. The monoisotopic (exact) mass is 319 g/mol. The van der Waals surface area contributed by atoms with Gasteiger partial charge in [-0.25, -0.2) is 13.2 Å². The standard InChI is InChI=1S/C12H17NO7S/c1-13(6-8(14)7-20-2)21(18,19)9-3-4-11(15)10(5-9)12(16)17/h3-5,8,14-15H,6-7H2,1-2H3,(H,16,17). The van der Waals surface area contributed by atoms with Crippen molar-refractivity contribution in [1.82, 2.24) is 4.31 Å². The van der Waals surface area contributed by atoms with E-state index in [4.69, 9.17) is 9.84 Å². The normalized spacial score (nSPS) is 13.3. The van der Waals surface area contributed by atoms with Gasteiger partial charge in [0.2, 0.25) is 10.0 Å². The summed E-state index contributed by atoms with van der Waals surface area (Å²) in [6, 6.07) is 2.96.